The highest BCUT2D eigenvalue weighted by Crippen LogP contribution is 2.27. The lowest BCUT2D eigenvalue weighted by molar-refractivity contribution is -0.113. The monoisotopic (exact) mass is 363 g/mol. The first kappa shape index (κ1) is 18.1. The number of thioether (sulfide) groups is 1. The molecule has 0 atom stereocenters. The number of carbonyl (C=O) groups is 1. The van der Waals surface area contributed by atoms with Crippen LogP contribution in [0.2, 0.25) is 0 Å². The molecule has 1 aromatic heterocycles. The zero-order valence-corrected chi connectivity index (χ0v) is 15.9. The van der Waals surface area contributed by atoms with Gasteiger partial charge in [0.25, 0.3) is 0 Å². The summed E-state index contributed by atoms with van der Waals surface area (Å²) in [5, 5.41) is 3.64. The highest BCUT2D eigenvalue weighted by Gasteiger charge is 2.11. The molecule has 26 heavy (non-hydrogen) atoms. The topological polar surface area (TPSA) is 54.9 Å². The zero-order valence-electron chi connectivity index (χ0n) is 15.1. The molecule has 0 bridgehead atoms. The second kappa shape index (κ2) is 8.15. The third-order valence-electron chi connectivity index (χ3n) is 4.23. The van der Waals surface area contributed by atoms with E-state index in [0.29, 0.717) is 5.16 Å². The molecule has 5 heteroatoms. The van der Waals surface area contributed by atoms with Crippen LogP contribution in [0.1, 0.15) is 17.0 Å². The van der Waals surface area contributed by atoms with E-state index in [-0.39, 0.29) is 11.7 Å². The van der Waals surface area contributed by atoms with Gasteiger partial charge in [-0.05, 0) is 38.0 Å². The van der Waals surface area contributed by atoms with Gasteiger partial charge < -0.3 is 5.32 Å². The Labute approximate surface area is 158 Å². The van der Waals surface area contributed by atoms with Crippen LogP contribution >= 0.6 is 11.8 Å². The number of hydrogen-bond acceptors (Lipinski definition) is 4. The Morgan fingerprint density at radius 2 is 1.54 bits per heavy atom. The van der Waals surface area contributed by atoms with E-state index in [2.05, 4.69) is 15.3 Å². The molecule has 0 saturated heterocycles. The van der Waals surface area contributed by atoms with Crippen LogP contribution < -0.4 is 5.32 Å². The second-order valence-corrected chi connectivity index (χ2v) is 6.99. The van der Waals surface area contributed by atoms with Gasteiger partial charge in [-0.1, -0.05) is 60.3 Å². The SMILES string of the molecule is Cc1nc(SCC(=O)Nc2ccccc2-c2ccccc2)nc(C)c1C. The van der Waals surface area contributed by atoms with Gasteiger partial charge in [0.1, 0.15) is 0 Å². The summed E-state index contributed by atoms with van der Waals surface area (Å²) in [6.45, 7) is 5.93. The van der Waals surface area contributed by atoms with Crippen molar-refractivity contribution in [2.24, 2.45) is 0 Å². The van der Waals surface area contributed by atoms with E-state index in [1.54, 1.807) is 0 Å². The molecule has 1 heterocycles. The molecule has 0 unspecified atom stereocenters. The lowest BCUT2D eigenvalue weighted by Gasteiger charge is -2.11. The molecule has 0 spiro atoms. The van der Waals surface area contributed by atoms with Crippen LogP contribution in [0, 0.1) is 20.8 Å². The summed E-state index contributed by atoms with van der Waals surface area (Å²) >= 11 is 1.35. The normalized spacial score (nSPS) is 10.6. The predicted octanol–water partition coefficient (Wildman–Crippen LogP) is 4.80. The molecule has 0 aliphatic rings. The molecule has 0 aliphatic carbocycles. The van der Waals surface area contributed by atoms with Crippen molar-refractivity contribution in [2.75, 3.05) is 11.1 Å². The van der Waals surface area contributed by atoms with Crippen molar-refractivity contribution in [3.8, 4) is 11.1 Å². The van der Waals surface area contributed by atoms with Gasteiger partial charge in [-0.15, -0.1) is 0 Å². The maximum absolute atomic E-state index is 12.4. The number of anilines is 1. The van der Waals surface area contributed by atoms with Gasteiger partial charge in [0.15, 0.2) is 5.16 Å². The van der Waals surface area contributed by atoms with Crippen LogP contribution in [0.3, 0.4) is 0 Å². The summed E-state index contributed by atoms with van der Waals surface area (Å²) in [5.74, 6) is 0.197. The third kappa shape index (κ3) is 4.29. The van der Waals surface area contributed by atoms with Crippen LogP contribution in [-0.2, 0) is 4.79 Å². The largest absolute Gasteiger partial charge is 0.325 e. The molecule has 0 radical (unpaired) electrons. The van der Waals surface area contributed by atoms with Gasteiger partial charge in [0.2, 0.25) is 5.91 Å². The van der Waals surface area contributed by atoms with E-state index < -0.39 is 0 Å². The summed E-state index contributed by atoms with van der Waals surface area (Å²) in [6.07, 6.45) is 0. The number of hydrogen-bond donors (Lipinski definition) is 1. The van der Waals surface area contributed by atoms with E-state index in [0.717, 1.165) is 33.8 Å². The average Bonchev–Trinajstić information content (AvgIpc) is 2.65. The molecule has 4 nitrogen and oxygen atoms in total. The number of aryl methyl sites for hydroxylation is 2. The number of amides is 1. The first-order valence-electron chi connectivity index (χ1n) is 8.43. The number of benzene rings is 2. The summed E-state index contributed by atoms with van der Waals surface area (Å²) in [5.41, 5.74) is 5.88. The van der Waals surface area contributed by atoms with E-state index in [1.807, 2.05) is 75.4 Å². The van der Waals surface area contributed by atoms with Crippen molar-refractivity contribution in [1.29, 1.82) is 0 Å². The Kier molecular flexibility index (Phi) is 5.68. The number of para-hydroxylation sites is 1. The van der Waals surface area contributed by atoms with E-state index in [1.165, 1.54) is 11.8 Å². The Hall–Kier alpha value is -2.66. The van der Waals surface area contributed by atoms with Crippen LogP contribution in [0.15, 0.2) is 59.8 Å². The van der Waals surface area contributed by atoms with Crippen molar-refractivity contribution in [3.05, 3.63) is 71.5 Å². The van der Waals surface area contributed by atoms with E-state index in [4.69, 9.17) is 0 Å². The molecule has 0 aliphatic heterocycles. The summed E-state index contributed by atoms with van der Waals surface area (Å²) in [7, 11) is 0. The first-order chi connectivity index (χ1) is 12.5. The maximum Gasteiger partial charge on any atom is 0.234 e. The minimum atomic E-state index is -0.0714. The summed E-state index contributed by atoms with van der Waals surface area (Å²) in [6, 6.07) is 17.8. The molecule has 3 aromatic rings. The Bertz CT molecular complexity index is 903. The van der Waals surface area contributed by atoms with Gasteiger partial charge in [-0.3, -0.25) is 4.79 Å². The molecule has 1 amide bonds. The molecule has 2 aromatic carbocycles. The zero-order chi connectivity index (χ0) is 18.5. The Balaban J connectivity index is 1.70. The number of nitrogens with zero attached hydrogens (tertiary/aromatic N) is 2. The fourth-order valence-electron chi connectivity index (χ4n) is 2.58. The lowest BCUT2D eigenvalue weighted by atomic mass is 10.0. The van der Waals surface area contributed by atoms with Crippen LogP contribution in [0.5, 0.6) is 0 Å². The van der Waals surface area contributed by atoms with E-state index in [9.17, 15) is 4.79 Å². The lowest BCUT2D eigenvalue weighted by Crippen LogP contribution is -2.15. The van der Waals surface area contributed by atoms with Crippen molar-refractivity contribution in [2.45, 2.75) is 25.9 Å². The number of aromatic nitrogens is 2. The van der Waals surface area contributed by atoms with Gasteiger partial charge in [-0.25, -0.2) is 9.97 Å². The third-order valence-corrected chi connectivity index (χ3v) is 5.08. The van der Waals surface area contributed by atoms with Crippen LogP contribution in [0.4, 0.5) is 5.69 Å². The minimum Gasteiger partial charge on any atom is -0.325 e. The molecule has 1 N–H and O–H groups in total. The standard InChI is InChI=1S/C21H21N3OS/c1-14-15(2)22-21(23-16(14)3)26-13-20(25)24-19-12-8-7-11-18(19)17-9-5-4-6-10-17/h4-12H,13H2,1-3H3,(H,24,25). The number of nitrogens with one attached hydrogen (secondary N) is 1. The first-order valence-corrected chi connectivity index (χ1v) is 9.42. The fourth-order valence-corrected chi connectivity index (χ4v) is 3.32. The van der Waals surface area contributed by atoms with Crippen molar-refractivity contribution in [3.63, 3.8) is 0 Å². The second-order valence-electron chi connectivity index (χ2n) is 6.05. The Morgan fingerprint density at radius 3 is 2.23 bits per heavy atom. The minimum absolute atomic E-state index is 0.0714. The van der Waals surface area contributed by atoms with Gasteiger partial charge in [0.05, 0.1) is 5.75 Å². The van der Waals surface area contributed by atoms with Gasteiger partial charge in [-0.2, -0.15) is 0 Å². The molecular weight excluding hydrogens is 342 g/mol. The molecule has 0 fully saturated rings. The quantitative estimate of drug-likeness (QED) is 0.522. The number of carbonyl (C=O) groups excluding carboxylic acids is 1. The van der Waals surface area contributed by atoms with E-state index >= 15 is 0 Å². The molecule has 3 rings (SSSR count). The highest BCUT2D eigenvalue weighted by atomic mass is 32.2. The summed E-state index contributed by atoms with van der Waals surface area (Å²) < 4.78 is 0. The smallest absolute Gasteiger partial charge is 0.234 e. The van der Waals surface area contributed by atoms with Crippen molar-refractivity contribution in [1.82, 2.24) is 9.97 Å². The molecule has 0 saturated carbocycles. The summed E-state index contributed by atoms with van der Waals surface area (Å²) in [4.78, 5) is 21.3. The Morgan fingerprint density at radius 1 is 0.923 bits per heavy atom. The molecular formula is C21H21N3OS. The van der Waals surface area contributed by atoms with Gasteiger partial charge >= 0.3 is 0 Å². The maximum atomic E-state index is 12.4. The fraction of sp³-hybridized carbons (Fsp3) is 0.190. The van der Waals surface area contributed by atoms with Crippen LogP contribution in [-0.4, -0.2) is 21.6 Å². The molecule has 132 valence electrons. The van der Waals surface area contributed by atoms with Gasteiger partial charge in [0, 0.05) is 22.6 Å². The highest BCUT2D eigenvalue weighted by molar-refractivity contribution is 7.99. The van der Waals surface area contributed by atoms with Crippen LogP contribution in [0.25, 0.3) is 11.1 Å². The predicted molar refractivity (Wildman–Crippen MR) is 107 cm³/mol. The number of rotatable bonds is 5. The van der Waals surface area contributed by atoms with Crippen molar-refractivity contribution < 1.29 is 4.79 Å². The van der Waals surface area contributed by atoms with Crippen molar-refractivity contribution >= 4 is 23.4 Å². The average molecular weight is 363 g/mol.